The lowest BCUT2D eigenvalue weighted by atomic mass is 9.89. The van der Waals surface area contributed by atoms with Crippen LogP contribution in [0.25, 0.3) is 0 Å². The summed E-state index contributed by atoms with van der Waals surface area (Å²) in [6, 6.07) is 12.2. The zero-order valence-corrected chi connectivity index (χ0v) is 17.0. The average Bonchev–Trinajstić information content (AvgIpc) is 3.47. The largest absolute Gasteiger partial charge is 0.459 e. The number of carbonyl (C=O) groups excluding carboxylic acids is 2. The van der Waals surface area contributed by atoms with Crippen molar-refractivity contribution in [1.29, 1.82) is 0 Å². The number of benzene rings is 1. The van der Waals surface area contributed by atoms with Gasteiger partial charge in [-0.15, -0.1) is 0 Å². The lowest BCUT2D eigenvalue weighted by molar-refractivity contribution is -0.130. The maximum absolute atomic E-state index is 12.4. The van der Waals surface area contributed by atoms with Gasteiger partial charge in [-0.2, -0.15) is 0 Å². The van der Waals surface area contributed by atoms with E-state index in [2.05, 4.69) is 24.3 Å². The zero-order chi connectivity index (χ0) is 20.1. The molecule has 0 aliphatic carbocycles. The summed E-state index contributed by atoms with van der Waals surface area (Å²) in [6.07, 6.45) is 8.38. The molecule has 1 aromatic heterocycles. The molecule has 4 rings (SSSR count). The average molecular weight is 395 g/mol. The number of carbonyl (C=O) groups is 2. The van der Waals surface area contributed by atoms with Crippen molar-refractivity contribution in [2.75, 3.05) is 26.2 Å². The Morgan fingerprint density at radius 2 is 1.59 bits per heavy atom. The van der Waals surface area contributed by atoms with Gasteiger partial charge >= 0.3 is 0 Å². The van der Waals surface area contributed by atoms with Crippen molar-refractivity contribution in [3.63, 3.8) is 0 Å². The van der Waals surface area contributed by atoms with E-state index in [4.69, 9.17) is 4.42 Å². The van der Waals surface area contributed by atoms with Crippen LogP contribution in [0, 0.1) is 5.92 Å². The van der Waals surface area contributed by atoms with Crippen LogP contribution in [-0.2, 0) is 17.6 Å². The Balaban J connectivity index is 1.21. The van der Waals surface area contributed by atoms with Crippen LogP contribution < -0.4 is 0 Å². The van der Waals surface area contributed by atoms with Crippen molar-refractivity contribution in [3.8, 4) is 0 Å². The summed E-state index contributed by atoms with van der Waals surface area (Å²) in [5.41, 5.74) is 2.58. The van der Waals surface area contributed by atoms with Gasteiger partial charge in [-0.3, -0.25) is 9.59 Å². The first-order chi connectivity index (χ1) is 14.2. The lowest BCUT2D eigenvalue weighted by Crippen LogP contribution is -2.38. The predicted octanol–water partition coefficient (Wildman–Crippen LogP) is 3.93. The summed E-state index contributed by atoms with van der Waals surface area (Å²) in [4.78, 5) is 28.4. The second-order valence-electron chi connectivity index (χ2n) is 8.32. The maximum atomic E-state index is 12.4. The van der Waals surface area contributed by atoms with E-state index in [0.717, 1.165) is 64.7 Å². The van der Waals surface area contributed by atoms with Crippen molar-refractivity contribution in [1.82, 2.24) is 9.80 Å². The van der Waals surface area contributed by atoms with Crippen LogP contribution in [0.1, 0.15) is 53.8 Å². The molecule has 3 heterocycles. The molecule has 2 aromatic rings. The fourth-order valence-electron chi connectivity index (χ4n) is 4.45. The van der Waals surface area contributed by atoms with E-state index in [1.165, 1.54) is 11.1 Å². The Morgan fingerprint density at radius 1 is 0.897 bits per heavy atom. The van der Waals surface area contributed by atoms with Gasteiger partial charge in [0, 0.05) is 32.6 Å². The molecule has 0 N–H and O–H groups in total. The minimum Gasteiger partial charge on any atom is -0.459 e. The number of rotatable bonds is 6. The summed E-state index contributed by atoms with van der Waals surface area (Å²) in [6.45, 7) is 3.45. The Morgan fingerprint density at radius 3 is 2.24 bits per heavy atom. The van der Waals surface area contributed by atoms with Crippen molar-refractivity contribution in [3.05, 3.63) is 59.5 Å². The molecule has 0 bridgehead atoms. The smallest absolute Gasteiger partial charge is 0.289 e. The molecule has 0 unspecified atom stereocenters. The van der Waals surface area contributed by atoms with Crippen molar-refractivity contribution in [2.24, 2.45) is 5.92 Å². The highest BCUT2D eigenvalue weighted by Gasteiger charge is 2.25. The Kier molecular flexibility index (Phi) is 6.33. The summed E-state index contributed by atoms with van der Waals surface area (Å²) in [7, 11) is 0. The normalized spacial score (nSPS) is 17.7. The van der Waals surface area contributed by atoms with Crippen LogP contribution >= 0.6 is 0 Å². The van der Waals surface area contributed by atoms with Gasteiger partial charge in [0.1, 0.15) is 0 Å². The molecule has 29 heavy (non-hydrogen) atoms. The quantitative estimate of drug-likeness (QED) is 0.746. The van der Waals surface area contributed by atoms with Crippen LogP contribution in [0.5, 0.6) is 0 Å². The summed E-state index contributed by atoms with van der Waals surface area (Å²) < 4.78 is 5.23. The Labute approximate surface area is 172 Å². The van der Waals surface area contributed by atoms with E-state index in [9.17, 15) is 9.59 Å². The minimum atomic E-state index is 0.00119. The minimum absolute atomic E-state index is 0.00119. The third-order valence-corrected chi connectivity index (χ3v) is 6.27. The van der Waals surface area contributed by atoms with Crippen LogP contribution in [-0.4, -0.2) is 47.8 Å². The number of aryl methyl sites for hydroxylation is 1. The van der Waals surface area contributed by atoms with Crippen LogP contribution in [0.15, 0.2) is 47.1 Å². The number of amides is 2. The number of piperidine rings is 1. The molecule has 1 aromatic carbocycles. The highest BCUT2D eigenvalue weighted by atomic mass is 16.3. The number of nitrogens with zero attached hydrogens (tertiary/aromatic N) is 2. The molecule has 0 saturated carbocycles. The number of hydrogen-bond donors (Lipinski definition) is 0. The predicted molar refractivity (Wildman–Crippen MR) is 112 cm³/mol. The molecule has 2 aliphatic heterocycles. The lowest BCUT2D eigenvalue weighted by Gasteiger charge is -2.31. The van der Waals surface area contributed by atoms with E-state index < -0.39 is 0 Å². The molecule has 2 amide bonds. The van der Waals surface area contributed by atoms with Gasteiger partial charge in [-0.25, -0.2) is 0 Å². The molecule has 2 aliphatic rings. The molecule has 0 atom stereocenters. The molecule has 154 valence electrons. The first-order valence-corrected chi connectivity index (χ1v) is 10.9. The third kappa shape index (κ3) is 5.08. The molecule has 5 heteroatoms. The first-order valence-electron chi connectivity index (χ1n) is 10.9. The van der Waals surface area contributed by atoms with Gasteiger partial charge in [0.05, 0.1) is 6.26 Å². The molecule has 0 radical (unpaired) electrons. The molecule has 5 nitrogen and oxygen atoms in total. The van der Waals surface area contributed by atoms with E-state index >= 15 is 0 Å². The van der Waals surface area contributed by atoms with Gasteiger partial charge in [-0.05, 0) is 67.7 Å². The molecule has 2 saturated heterocycles. The van der Waals surface area contributed by atoms with Gasteiger partial charge < -0.3 is 14.2 Å². The molecular weight excluding hydrogens is 364 g/mol. The molecular formula is C24H30N2O3. The summed E-state index contributed by atoms with van der Waals surface area (Å²) in [5, 5.41) is 0. The Hall–Kier alpha value is -2.56. The third-order valence-electron chi connectivity index (χ3n) is 6.27. The maximum Gasteiger partial charge on any atom is 0.289 e. The van der Waals surface area contributed by atoms with E-state index in [-0.39, 0.29) is 5.91 Å². The van der Waals surface area contributed by atoms with Crippen LogP contribution in [0.2, 0.25) is 0 Å². The van der Waals surface area contributed by atoms with Crippen LogP contribution in [0.4, 0.5) is 0 Å². The highest BCUT2D eigenvalue weighted by molar-refractivity contribution is 5.91. The standard InChI is InChI=1S/C24H30N2O3/c27-23(25-13-1-2-14-25)10-9-19-5-7-20(8-6-19)18-21-11-15-26(16-12-21)24(28)22-4-3-17-29-22/h3-8,17,21H,1-2,9-16,18H2. The first kappa shape index (κ1) is 19.7. The number of likely N-dealkylation sites (tertiary alicyclic amines) is 2. The van der Waals surface area contributed by atoms with Gasteiger partial charge in [-0.1, -0.05) is 24.3 Å². The monoisotopic (exact) mass is 394 g/mol. The van der Waals surface area contributed by atoms with Gasteiger partial charge in [0.25, 0.3) is 5.91 Å². The summed E-state index contributed by atoms with van der Waals surface area (Å²) in [5.74, 6) is 1.34. The molecule has 2 fully saturated rings. The second kappa shape index (κ2) is 9.29. The van der Waals surface area contributed by atoms with Gasteiger partial charge in [0.2, 0.25) is 5.91 Å². The van der Waals surface area contributed by atoms with E-state index in [1.54, 1.807) is 18.4 Å². The molecule has 0 spiro atoms. The van der Waals surface area contributed by atoms with Crippen molar-refractivity contribution < 1.29 is 14.0 Å². The Bertz CT molecular complexity index is 799. The van der Waals surface area contributed by atoms with E-state index in [1.807, 2.05) is 9.80 Å². The summed E-state index contributed by atoms with van der Waals surface area (Å²) >= 11 is 0. The van der Waals surface area contributed by atoms with Crippen molar-refractivity contribution >= 4 is 11.8 Å². The van der Waals surface area contributed by atoms with Gasteiger partial charge in [0.15, 0.2) is 5.76 Å². The zero-order valence-electron chi connectivity index (χ0n) is 17.0. The van der Waals surface area contributed by atoms with Crippen molar-refractivity contribution in [2.45, 2.75) is 44.9 Å². The second-order valence-corrected chi connectivity index (χ2v) is 8.32. The number of furan rings is 1. The highest BCUT2D eigenvalue weighted by Crippen LogP contribution is 2.23. The fraction of sp³-hybridized carbons (Fsp3) is 0.500. The SMILES string of the molecule is O=C(CCc1ccc(CC2CCN(C(=O)c3ccco3)CC2)cc1)N1CCCC1. The topological polar surface area (TPSA) is 53.8 Å². The fourth-order valence-corrected chi connectivity index (χ4v) is 4.45. The number of hydrogen-bond acceptors (Lipinski definition) is 3. The van der Waals surface area contributed by atoms with Crippen LogP contribution in [0.3, 0.4) is 0 Å². The van der Waals surface area contributed by atoms with E-state index in [0.29, 0.717) is 24.0 Å².